The molecule has 0 saturated heterocycles. The van der Waals surface area contributed by atoms with Gasteiger partial charge in [-0.05, 0) is 35.9 Å². The van der Waals surface area contributed by atoms with Crippen molar-refractivity contribution in [1.29, 1.82) is 0 Å². The highest BCUT2D eigenvalue weighted by Crippen LogP contribution is 2.26. The molecule has 1 nitrogen and oxygen atoms in total. The second kappa shape index (κ2) is 6.60. The monoisotopic (exact) mass is 362 g/mol. The minimum atomic E-state index is -0.448. The summed E-state index contributed by atoms with van der Waals surface area (Å²) in [7, 11) is 0. The van der Waals surface area contributed by atoms with E-state index in [1.165, 1.54) is 12.1 Å². The van der Waals surface area contributed by atoms with Crippen molar-refractivity contribution in [3.05, 3.63) is 62.8 Å². The van der Waals surface area contributed by atoms with E-state index in [9.17, 15) is 4.39 Å². The summed E-state index contributed by atoms with van der Waals surface area (Å²) in [4.78, 5) is 0. The molecule has 0 amide bonds. The molecule has 0 aliphatic carbocycles. The molecule has 0 aromatic heterocycles. The van der Waals surface area contributed by atoms with Crippen LogP contribution in [-0.4, -0.2) is 0 Å². The van der Waals surface area contributed by atoms with E-state index in [2.05, 4.69) is 15.9 Å². The molecule has 0 aliphatic heterocycles. The summed E-state index contributed by atoms with van der Waals surface area (Å²) >= 11 is 14.9. The molecule has 0 bridgehead atoms. The summed E-state index contributed by atoms with van der Waals surface area (Å²) in [5.41, 5.74) is 1.59. The minimum Gasteiger partial charge on any atom is -0.489 e. The fourth-order valence-electron chi connectivity index (χ4n) is 1.58. The molecule has 2 rings (SSSR count). The second-order valence-electron chi connectivity index (χ2n) is 3.92. The Labute approximate surface area is 129 Å². The van der Waals surface area contributed by atoms with E-state index in [1.54, 1.807) is 6.07 Å². The first kappa shape index (κ1) is 14.6. The predicted octanol–water partition coefficient (Wildman–Crippen LogP) is 5.56. The molecule has 0 aliphatic rings. The van der Waals surface area contributed by atoms with Gasteiger partial charge in [-0.2, -0.15) is 0 Å². The second-order valence-corrected chi connectivity index (χ2v) is 5.51. The first-order chi connectivity index (χ1) is 9.10. The fraction of sp³-hybridized carbons (Fsp3) is 0.143. The number of benzene rings is 2. The molecule has 0 spiro atoms. The van der Waals surface area contributed by atoms with Gasteiger partial charge in [0.25, 0.3) is 0 Å². The maximum Gasteiger partial charge on any atom is 0.142 e. The first-order valence-corrected chi connectivity index (χ1v) is 7.22. The topological polar surface area (TPSA) is 9.23 Å². The molecule has 19 heavy (non-hydrogen) atoms. The van der Waals surface area contributed by atoms with E-state index >= 15 is 0 Å². The quantitative estimate of drug-likeness (QED) is 0.646. The Bertz CT molecular complexity index is 590. The molecular weight excluding hydrogens is 354 g/mol. The first-order valence-electron chi connectivity index (χ1n) is 5.51. The Hall–Kier alpha value is -0.770. The van der Waals surface area contributed by atoms with Gasteiger partial charge in [-0.3, -0.25) is 0 Å². The maximum atomic E-state index is 13.3. The van der Waals surface area contributed by atoms with Crippen molar-refractivity contribution in [1.82, 2.24) is 0 Å². The minimum absolute atomic E-state index is 0.105. The lowest BCUT2D eigenvalue weighted by Crippen LogP contribution is -1.98. The van der Waals surface area contributed by atoms with Crippen LogP contribution in [0.5, 0.6) is 5.75 Å². The number of halogens is 4. The van der Waals surface area contributed by atoms with E-state index in [-0.39, 0.29) is 11.6 Å². The van der Waals surface area contributed by atoms with Gasteiger partial charge in [-0.1, -0.05) is 33.6 Å². The molecule has 0 fully saturated rings. The van der Waals surface area contributed by atoms with Crippen molar-refractivity contribution in [2.75, 3.05) is 0 Å². The molecule has 0 saturated carbocycles. The molecule has 2 aromatic carbocycles. The van der Waals surface area contributed by atoms with Crippen LogP contribution in [0, 0.1) is 5.82 Å². The summed E-state index contributed by atoms with van der Waals surface area (Å²) in [6, 6.07) is 10.2. The lowest BCUT2D eigenvalue weighted by atomic mass is 10.2. The van der Waals surface area contributed by atoms with Crippen molar-refractivity contribution >= 4 is 39.1 Å². The third-order valence-corrected chi connectivity index (χ3v) is 3.63. The van der Waals surface area contributed by atoms with Gasteiger partial charge in [0.1, 0.15) is 18.2 Å². The molecular formula is C14H10BrCl2FO. The van der Waals surface area contributed by atoms with Gasteiger partial charge >= 0.3 is 0 Å². The molecule has 0 radical (unpaired) electrons. The van der Waals surface area contributed by atoms with E-state index in [4.69, 9.17) is 27.9 Å². The van der Waals surface area contributed by atoms with Crippen LogP contribution < -0.4 is 4.74 Å². The van der Waals surface area contributed by atoms with Crippen molar-refractivity contribution in [3.63, 3.8) is 0 Å². The van der Waals surface area contributed by atoms with Gasteiger partial charge in [-0.15, -0.1) is 11.6 Å². The van der Waals surface area contributed by atoms with Gasteiger partial charge in [0.2, 0.25) is 0 Å². The van der Waals surface area contributed by atoms with Crippen molar-refractivity contribution < 1.29 is 9.13 Å². The van der Waals surface area contributed by atoms with Crippen LogP contribution >= 0.6 is 39.1 Å². The van der Waals surface area contributed by atoms with Crippen molar-refractivity contribution in [2.45, 2.75) is 12.5 Å². The zero-order valence-electron chi connectivity index (χ0n) is 9.80. The van der Waals surface area contributed by atoms with E-state index in [0.717, 1.165) is 10.0 Å². The normalized spacial score (nSPS) is 10.5. The Kier molecular flexibility index (Phi) is 5.08. The van der Waals surface area contributed by atoms with Crippen LogP contribution in [0.15, 0.2) is 40.9 Å². The van der Waals surface area contributed by atoms with Crippen LogP contribution in [0.3, 0.4) is 0 Å². The Morgan fingerprint density at radius 1 is 1.16 bits per heavy atom. The molecule has 2 aromatic rings. The average molecular weight is 364 g/mol. The van der Waals surface area contributed by atoms with Gasteiger partial charge in [-0.25, -0.2) is 4.39 Å². The summed E-state index contributed by atoms with van der Waals surface area (Å²) in [5, 5.41) is 0.105. The van der Waals surface area contributed by atoms with Gasteiger partial charge in [0.15, 0.2) is 0 Å². The maximum absolute atomic E-state index is 13.3. The van der Waals surface area contributed by atoms with Crippen LogP contribution in [-0.2, 0) is 12.5 Å². The standard InChI is InChI=1S/C14H10BrCl2FO/c15-11-2-4-14(10(6-11)7-16)19-8-9-1-3-12(17)13(18)5-9/h1-6H,7-8H2. The lowest BCUT2D eigenvalue weighted by molar-refractivity contribution is 0.303. The molecule has 0 atom stereocenters. The number of hydrogen-bond donors (Lipinski definition) is 0. The van der Waals surface area contributed by atoms with Gasteiger partial charge in [0.05, 0.1) is 10.9 Å². The number of ether oxygens (including phenoxy) is 1. The van der Waals surface area contributed by atoms with Gasteiger partial charge < -0.3 is 4.74 Å². The van der Waals surface area contributed by atoms with Crippen LogP contribution in [0.1, 0.15) is 11.1 Å². The predicted molar refractivity (Wildman–Crippen MR) is 79.4 cm³/mol. The van der Waals surface area contributed by atoms with Crippen LogP contribution in [0.4, 0.5) is 4.39 Å². The molecule has 0 N–H and O–H groups in total. The summed E-state index contributed by atoms with van der Waals surface area (Å²) < 4.78 is 19.9. The third kappa shape index (κ3) is 3.85. The van der Waals surface area contributed by atoms with Crippen molar-refractivity contribution in [3.8, 4) is 5.75 Å². The molecule has 0 unspecified atom stereocenters. The smallest absolute Gasteiger partial charge is 0.142 e. The van der Waals surface area contributed by atoms with Crippen LogP contribution in [0.25, 0.3) is 0 Å². The number of alkyl halides is 1. The van der Waals surface area contributed by atoms with E-state index in [0.29, 0.717) is 17.2 Å². The zero-order valence-corrected chi connectivity index (χ0v) is 12.9. The third-order valence-electron chi connectivity index (χ3n) is 2.54. The Morgan fingerprint density at radius 2 is 1.95 bits per heavy atom. The number of hydrogen-bond acceptors (Lipinski definition) is 1. The molecule has 100 valence electrons. The fourth-order valence-corrected chi connectivity index (χ4v) is 2.32. The molecule has 0 heterocycles. The Morgan fingerprint density at radius 3 is 2.63 bits per heavy atom. The SMILES string of the molecule is Fc1cc(COc2ccc(Br)cc2CCl)ccc1Cl. The average Bonchev–Trinajstić information content (AvgIpc) is 2.41. The van der Waals surface area contributed by atoms with E-state index in [1.807, 2.05) is 18.2 Å². The number of rotatable bonds is 4. The van der Waals surface area contributed by atoms with Crippen molar-refractivity contribution in [2.24, 2.45) is 0 Å². The summed E-state index contributed by atoms with van der Waals surface area (Å²) in [6.07, 6.45) is 0. The Balaban J connectivity index is 2.12. The summed E-state index contributed by atoms with van der Waals surface area (Å²) in [5.74, 6) is 0.591. The molecule has 5 heteroatoms. The van der Waals surface area contributed by atoms with E-state index < -0.39 is 5.82 Å². The highest BCUT2D eigenvalue weighted by Gasteiger charge is 2.06. The zero-order chi connectivity index (χ0) is 13.8. The lowest BCUT2D eigenvalue weighted by Gasteiger charge is -2.10. The highest BCUT2D eigenvalue weighted by molar-refractivity contribution is 9.10. The highest BCUT2D eigenvalue weighted by atomic mass is 79.9. The van der Waals surface area contributed by atoms with Crippen LogP contribution in [0.2, 0.25) is 5.02 Å². The summed E-state index contributed by atoms with van der Waals surface area (Å²) in [6.45, 7) is 0.264. The van der Waals surface area contributed by atoms with Gasteiger partial charge in [0, 0.05) is 10.0 Å². The largest absolute Gasteiger partial charge is 0.489 e.